The molecule has 3 heterocycles. The molecule has 0 bridgehead atoms. The van der Waals surface area contributed by atoms with Gasteiger partial charge >= 0.3 is 12.2 Å². The van der Waals surface area contributed by atoms with E-state index in [9.17, 15) is 14.4 Å². The Labute approximate surface area is 240 Å². The number of H-pyrrole nitrogens is 1. The van der Waals surface area contributed by atoms with Gasteiger partial charge in [-0.3, -0.25) is 15.4 Å². The standard InChI is InChI=1S/C30H26ClN5O5/c31-20-8-11-24-23(15-20)30(41-29(40)35-24)12-13-36(17-30)27(37)22(14-18-4-2-1-3-5-18)26-32-16-25(34-26)19-6-9-21(10-7-19)33-28(38)39/h1-11,15-16,22,33H,12-14,17H2,(H,32,34)(H,35,40)(H,38,39)/t22-,30-/m1/s1. The van der Waals surface area contributed by atoms with Gasteiger partial charge in [0.25, 0.3) is 0 Å². The lowest BCUT2D eigenvalue weighted by Gasteiger charge is -2.35. The summed E-state index contributed by atoms with van der Waals surface area (Å²) >= 11 is 6.29. The van der Waals surface area contributed by atoms with Gasteiger partial charge in [0, 0.05) is 29.2 Å². The van der Waals surface area contributed by atoms with E-state index >= 15 is 0 Å². The molecule has 4 aromatic rings. The summed E-state index contributed by atoms with van der Waals surface area (Å²) in [5, 5.41) is 14.5. The summed E-state index contributed by atoms with van der Waals surface area (Å²) in [4.78, 5) is 47.1. The molecule has 0 radical (unpaired) electrons. The lowest BCUT2D eigenvalue weighted by Crippen LogP contribution is -2.43. The molecule has 41 heavy (non-hydrogen) atoms. The highest BCUT2D eigenvalue weighted by Gasteiger charge is 2.49. The monoisotopic (exact) mass is 571 g/mol. The first kappa shape index (κ1) is 26.4. The average Bonchev–Trinajstić information content (AvgIpc) is 3.61. The highest BCUT2D eigenvalue weighted by atomic mass is 35.5. The third kappa shape index (κ3) is 5.33. The number of carbonyl (C=O) groups is 3. The zero-order valence-corrected chi connectivity index (χ0v) is 22.5. The molecule has 2 aliphatic heterocycles. The third-order valence-electron chi connectivity index (χ3n) is 7.49. The summed E-state index contributed by atoms with van der Waals surface area (Å²) in [5.41, 5.74) is 3.30. The fourth-order valence-corrected chi connectivity index (χ4v) is 5.70. The van der Waals surface area contributed by atoms with E-state index in [-0.39, 0.29) is 12.5 Å². The van der Waals surface area contributed by atoms with Crippen LogP contribution in [0.4, 0.5) is 21.0 Å². The first-order valence-electron chi connectivity index (χ1n) is 13.1. The van der Waals surface area contributed by atoms with Crippen LogP contribution in [-0.4, -0.2) is 51.2 Å². The normalized spacial score (nSPS) is 18.4. The lowest BCUT2D eigenvalue weighted by atomic mass is 9.90. The largest absolute Gasteiger partial charge is 0.465 e. The molecule has 2 aliphatic rings. The molecule has 0 saturated carbocycles. The molecule has 0 unspecified atom stereocenters. The molecular formula is C30H26ClN5O5. The Hall–Kier alpha value is -4.83. The van der Waals surface area contributed by atoms with Crippen LogP contribution in [0.2, 0.25) is 5.02 Å². The van der Waals surface area contributed by atoms with Gasteiger partial charge in [-0.05, 0) is 47.9 Å². The predicted molar refractivity (Wildman–Crippen MR) is 153 cm³/mol. The second-order valence-electron chi connectivity index (χ2n) is 10.1. The van der Waals surface area contributed by atoms with Crippen LogP contribution in [-0.2, 0) is 21.6 Å². The number of benzene rings is 3. The molecule has 4 N–H and O–H groups in total. The summed E-state index contributed by atoms with van der Waals surface area (Å²) in [7, 11) is 0. The van der Waals surface area contributed by atoms with Crippen LogP contribution in [0.25, 0.3) is 11.3 Å². The molecule has 3 amide bonds. The van der Waals surface area contributed by atoms with Crippen LogP contribution in [0.3, 0.4) is 0 Å². The number of carboxylic acid groups (broad SMARTS) is 1. The molecule has 10 nitrogen and oxygen atoms in total. The van der Waals surface area contributed by atoms with E-state index in [1.54, 1.807) is 53.6 Å². The van der Waals surface area contributed by atoms with Crippen molar-refractivity contribution >= 4 is 41.1 Å². The van der Waals surface area contributed by atoms with Crippen molar-refractivity contribution in [3.05, 3.63) is 101 Å². The molecule has 1 fully saturated rings. The van der Waals surface area contributed by atoms with Crippen molar-refractivity contribution < 1.29 is 24.2 Å². The number of nitrogens with zero attached hydrogens (tertiary/aromatic N) is 2. The van der Waals surface area contributed by atoms with Crippen LogP contribution in [0.1, 0.15) is 29.3 Å². The van der Waals surface area contributed by atoms with Gasteiger partial charge in [0.1, 0.15) is 11.7 Å². The van der Waals surface area contributed by atoms with Crippen LogP contribution in [0.5, 0.6) is 0 Å². The number of hydrogen-bond acceptors (Lipinski definition) is 5. The number of anilines is 2. The Balaban J connectivity index is 1.29. The van der Waals surface area contributed by atoms with Crippen molar-refractivity contribution in [3.63, 3.8) is 0 Å². The Kier molecular flexibility index (Phi) is 6.84. The highest BCUT2D eigenvalue weighted by Crippen LogP contribution is 2.44. The zero-order valence-electron chi connectivity index (χ0n) is 21.8. The molecule has 208 valence electrons. The van der Waals surface area contributed by atoms with E-state index in [0.717, 1.165) is 16.7 Å². The highest BCUT2D eigenvalue weighted by molar-refractivity contribution is 6.30. The van der Waals surface area contributed by atoms with E-state index < -0.39 is 23.7 Å². The Bertz CT molecular complexity index is 1620. The van der Waals surface area contributed by atoms with Gasteiger partial charge in [-0.25, -0.2) is 14.6 Å². The second kappa shape index (κ2) is 10.6. The van der Waals surface area contributed by atoms with Crippen molar-refractivity contribution in [1.82, 2.24) is 14.9 Å². The van der Waals surface area contributed by atoms with E-state index in [1.807, 2.05) is 30.3 Å². The second-order valence-corrected chi connectivity index (χ2v) is 10.6. The fourth-order valence-electron chi connectivity index (χ4n) is 5.53. The number of amides is 3. The number of aromatic amines is 1. The number of nitrogens with one attached hydrogen (secondary N) is 3. The number of hydrogen-bond donors (Lipinski definition) is 4. The van der Waals surface area contributed by atoms with E-state index in [2.05, 4.69) is 20.6 Å². The Morgan fingerprint density at radius 2 is 1.90 bits per heavy atom. The quantitative estimate of drug-likeness (QED) is 0.230. The van der Waals surface area contributed by atoms with Crippen LogP contribution in [0, 0.1) is 0 Å². The minimum atomic E-state index is -1.14. The minimum Gasteiger partial charge on any atom is -0.465 e. The number of ether oxygens (including phenoxy) is 1. The first-order valence-corrected chi connectivity index (χ1v) is 13.5. The van der Waals surface area contributed by atoms with Crippen LogP contribution < -0.4 is 10.6 Å². The molecule has 2 atom stereocenters. The molecule has 0 aliphatic carbocycles. The van der Waals surface area contributed by atoms with Crippen molar-refractivity contribution in [3.8, 4) is 11.3 Å². The number of rotatable bonds is 6. The maximum atomic E-state index is 14.1. The molecule has 11 heteroatoms. The van der Waals surface area contributed by atoms with Crippen molar-refractivity contribution in [1.29, 1.82) is 0 Å². The fraction of sp³-hybridized carbons (Fsp3) is 0.200. The number of aromatic nitrogens is 2. The van der Waals surface area contributed by atoms with Crippen molar-refractivity contribution in [2.45, 2.75) is 24.4 Å². The number of fused-ring (bicyclic) bond motifs is 2. The van der Waals surface area contributed by atoms with Gasteiger partial charge in [0.05, 0.1) is 24.1 Å². The predicted octanol–water partition coefficient (Wildman–Crippen LogP) is 5.84. The van der Waals surface area contributed by atoms with Gasteiger partial charge in [-0.2, -0.15) is 0 Å². The molecule has 1 aromatic heterocycles. The van der Waals surface area contributed by atoms with Crippen molar-refractivity contribution in [2.75, 3.05) is 23.7 Å². The number of likely N-dealkylation sites (tertiary alicyclic amines) is 1. The Morgan fingerprint density at radius 3 is 2.66 bits per heavy atom. The summed E-state index contributed by atoms with van der Waals surface area (Å²) in [6.45, 7) is 0.596. The number of halogens is 1. The zero-order chi connectivity index (χ0) is 28.6. The maximum Gasteiger partial charge on any atom is 0.412 e. The van der Waals surface area contributed by atoms with Gasteiger partial charge in [-0.15, -0.1) is 0 Å². The van der Waals surface area contributed by atoms with Gasteiger partial charge < -0.3 is 19.7 Å². The first-order chi connectivity index (χ1) is 19.8. The van der Waals surface area contributed by atoms with Crippen LogP contribution in [0.15, 0.2) is 79.0 Å². The summed E-state index contributed by atoms with van der Waals surface area (Å²) in [5.74, 6) is -0.246. The topological polar surface area (TPSA) is 137 Å². The maximum absolute atomic E-state index is 14.1. The molecule has 1 spiro atoms. The van der Waals surface area contributed by atoms with Crippen LogP contribution >= 0.6 is 11.6 Å². The SMILES string of the molecule is O=C(O)Nc1ccc(-c2cnc([C@@H](Cc3ccccc3)C(=O)N3CC[C@]4(C3)OC(=O)Nc3ccc(Cl)cc34)[nH]2)cc1. The number of carbonyl (C=O) groups excluding carboxylic acids is 2. The average molecular weight is 572 g/mol. The minimum absolute atomic E-state index is 0.134. The lowest BCUT2D eigenvalue weighted by molar-refractivity contribution is -0.133. The third-order valence-corrected chi connectivity index (χ3v) is 7.73. The summed E-state index contributed by atoms with van der Waals surface area (Å²) in [6, 6.07) is 21.8. The van der Waals surface area contributed by atoms with Gasteiger partial charge in [-0.1, -0.05) is 54.1 Å². The summed E-state index contributed by atoms with van der Waals surface area (Å²) in [6.07, 6.45) is 0.825. The van der Waals surface area contributed by atoms with Crippen molar-refractivity contribution in [2.24, 2.45) is 0 Å². The molecule has 1 saturated heterocycles. The van der Waals surface area contributed by atoms with Gasteiger partial charge in [0.2, 0.25) is 5.91 Å². The van der Waals surface area contributed by atoms with Gasteiger partial charge in [0.15, 0.2) is 5.60 Å². The van der Waals surface area contributed by atoms with E-state index in [1.165, 1.54) is 0 Å². The van der Waals surface area contributed by atoms with E-state index in [4.69, 9.17) is 21.4 Å². The number of imidazole rings is 1. The summed E-state index contributed by atoms with van der Waals surface area (Å²) < 4.78 is 5.83. The molecule has 3 aromatic carbocycles. The smallest absolute Gasteiger partial charge is 0.412 e. The molecular weight excluding hydrogens is 546 g/mol. The molecule has 6 rings (SSSR count). The Morgan fingerprint density at radius 1 is 1.12 bits per heavy atom. The van der Waals surface area contributed by atoms with E-state index in [0.29, 0.717) is 47.3 Å².